The SMILES string of the molecule is COc1ccc2cc(CN(Cc3ccc4c(c3)OCO4)C(=O)Nc3ccc(F)cc3)c(=O)[nH]c2c1. The summed E-state index contributed by atoms with van der Waals surface area (Å²) in [4.78, 5) is 30.5. The maximum atomic E-state index is 13.3. The van der Waals surface area contributed by atoms with Crippen LogP contribution in [-0.4, -0.2) is 29.8 Å². The number of aromatic amines is 1. The van der Waals surface area contributed by atoms with Gasteiger partial charge in [-0.1, -0.05) is 6.07 Å². The average Bonchev–Trinajstić information content (AvgIpc) is 3.33. The van der Waals surface area contributed by atoms with Crippen LogP contribution < -0.4 is 25.1 Å². The van der Waals surface area contributed by atoms with Gasteiger partial charge in [0.1, 0.15) is 11.6 Å². The molecule has 1 aliphatic rings. The van der Waals surface area contributed by atoms with E-state index in [4.69, 9.17) is 14.2 Å². The highest BCUT2D eigenvalue weighted by Crippen LogP contribution is 2.33. The fourth-order valence-electron chi connectivity index (χ4n) is 3.87. The van der Waals surface area contributed by atoms with Crippen molar-refractivity contribution < 1.29 is 23.4 Å². The van der Waals surface area contributed by atoms with Crippen molar-refractivity contribution in [3.8, 4) is 17.2 Å². The molecular weight excluding hydrogens is 453 g/mol. The van der Waals surface area contributed by atoms with Gasteiger partial charge in [-0.2, -0.15) is 0 Å². The van der Waals surface area contributed by atoms with Crippen molar-refractivity contribution in [2.45, 2.75) is 13.1 Å². The van der Waals surface area contributed by atoms with Gasteiger partial charge in [0.15, 0.2) is 11.5 Å². The zero-order valence-electron chi connectivity index (χ0n) is 18.8. The quantitative estimate of drug-likeness (QED) is 0.424. The van der Waals surface area contributed by atoms with Gasteiger partial charge in [0.05, 0.1) is 19.2 Å². The smallest absolute Gasteiger partial charge is 0.322 e. The van der Waals surface area contributed by atoms with Gasteiger partial charge in [-0.05, 0) is 65.5 Å². The highest BCUT2D eigenvalue weighted by Gasteiger charge is 2.20. The van der Waals surface area contributed by atoms with E-state index in [-0.39, 0.29) is 25.4 Å². The summed E-state index contributed by atoms with van der Waals surface area (Å²) in [5.41, 5.74) is 1.97. The third-order valence-electron chi connectivity index (χ3n) is 5.68. The maximum Gasteiger partial charge on any atom is 0.322 e. The number of nitrogens with one attached hydrogen (secondary N) is 2. The van der Waals surface area contributed by atoms with Crippen molar-refractivity contribution in [1.82, 2.24) is 9.88 Å². The summed E-state index contributed by atoms with van der Waals surface area (Å²) >= 11 is 0. The molecule has 178 valence electrons. The minimum atomic E-state index is -0.441. The topological polar surface area (TPSA) is 92.9 Å². The van der Waals surface area contributed by atoms with E-state index in [1.165, 1.54) is 29.2 Å². The normalized spacial score (nSPS) is 11.9. The molecule has 4 aromatic rings. The van der Waals surface area contributed by atoms with Crippen LogP contribution in [0.2, 0.25) is 0 Å². The molecule has 0 atom stereocenters. The third kappa shape index (κ3) is 4.89. The van der Waals surface area contributed by atoms with Crippen LogP contribution in [0.3, 0.4) is 0 Å². The molecular formula is C26H22FN3O5. The number of halogens is 1. The number of hydrogen-bond acceptors (Lipinski definition) is 5. The lowest BCUT2D eigenvalue weighted by Gasteiger charge is -2.23. The molecule has 0 bridgehead atoms. The van der Waals surface area contributed by atoms with Gasteiger partial charge < -0.3 is 29.4 Å². The van der Waals surface area contributed by atoms with Crippen LogP contribution in [0.25, 0.3) is 10.9 Å². The van der Waals surface area contributed by atoms with Crippen molar-refractivity contribution in [1.29, 1.82) is 0 Å². The molecule has 2 amide bonds. The number of H-pyrrole nitrogens is 1. The van der Waals surface area contributed by atoms with Gasteiger partial charge in [-0.3, -0.25) is 4.79 Å². The van der Waals surface area contributed by atoms with E-state index in [2.05, 4.69) is 10.3 Å². The number of nitrogens with zero attached hydrogens (tertiary/aromatic N) is 1. The molecule has 9 heteroatoms. The number of rotatable bonds is 6. The number of ether oxygens (including phenoxy) is 3. The van der Waals surface area contributed by atoms with Gasteiger partial charge in [-0.25, -0.2) is 9.18 Å². The molecule has 0 fully saturated rings. The Morgan fingerprint density at radius 3 is 2.63 bits per heavy atom. The minimum absolute atomic E-state index is 0.0404. The van der Waals surface area contributed by atoms with Gasteiger partial charge in [-0.15, -0.1) is 0 Å². The van der Waals surface area contributed by atoms with Crippen LogP contribution in [0.15, 0.2) is 71.5 Å². The molecule has 1 aromatic heterocycles. The summed E-state index contributed by atoms with van der Waals surface area (Å²) in [6.45, 7) is 0.382. The first-order chi connectivity index (χ1) is 17.0. The maximum absolute atomic E-state index is 13.3. The number of urea groups is 1. The molecule has 0 spiro atoms. The number of amides is 2. The lowest BCUT2D eigenvalue weighted by molar-refractivity contribution is 0.174. The Morgan fingerprint density at radius 2 is 1.83 bits per heavy atom. The Labute approximate surface area is 199 Å². The zero-order chi connectivity index (χ0) is 24.4. The number of methoxy groups -OCH3 is 1. The molecule has 0 saturated carbocycles. The second-order valence-electron chi connectivity index (χ2n) is 8.06. The van der Waals surface area contributed by atoms with E-state index in [1.807, 2.05) is 12.1 Å². The Morgan fingerprint density at radius 1 is 1.03 bits per heavy atom. The lowest BCUT2D eigenvalue weighted by atomic mass is 10.1. The number of carbonyl (C=O) groups is 1. The monoisotopic (exact) mass is 475 g/mol. The number of hydrogen-bond donors (Lipinski definition) is 2. The van der Waals surface area contributed by atoms with Crippen molar-refractivity contribution in [2.75, 3.05) is 19.2 Å². The first-order valence-electron chi connectivity index (χ1n) is 10.9. The fourth-order valence-corrected chi connectivity index (χ4v) is 3.87. The van der Waals surface area contributed by atoms with Crippen LogP contribution in [0.5, 0.6) is 17.2 Å². The van der Waals surface area contributed by atoms with Gasteiger partial charge in [0.25, 0.3) is 5.56 Å². The molecule has 0 unspecified atom stereocenters. The van der Waals surface area contributed by atoms with Crippen LogP contribution in [0.4, 0.5) is 14.9 Å². The standard InChI is InChI=1S/C26H22FN3O5/c1-33-21-8-3-17-11-18(25(31)29-22(17)12-21)14-30(26(32)28-20-6-4-19(27)5-7-20)13-16-2-9-23-24(10-16)35-15-34-23/h2-12H,13-15H2,1H3,(H,28,32)(H,29,31). The molecule has 0 radical (unpaired) electrons. The Bertz CT molecular complexity index is 1450. The Kier molecular flexibility index (Phi) is 5.97. The minimum Gasteiger partial charge on any atom is -0.497 e. The summed E-state index contributed by atoms with van der Waals surface area (Å²) in [5, 5.41) is 3.58. The summed E-state index contributed by atoms with van der Waals surface area (Å²) in [6, 6.07) is 17.6. The molecule has 0 aliphatic carbocycles. The highest BCUT2D eigenvalue weighted by molar-refractivity contribution is 5.89. The fraction of sp³-hybridized carbons (Fsp3) is 0.154. The van der Waals surface area contributed by atoms with Gasteiger partial charge in [0.2, 0.25) is 6.79 Å². The Balaban J connectivity index is 1.45. The molecule has 8 nitrogen and oxygen atoms in total. The van der Waals surface area contributed by atoms with Crippen molar-refractivity contribution in [3.05, 3.63) is 94.0 Å². The van der Waals surface area contributed by atoms with E-state index in [1.54, 1.807) is 37.4 Å². The van der Waals surface area contributed by atoms with Crippen LogP contribution in [0.1, 0.15) is 11.1 Å². The lowest BCUT2D eigenvalue weighted by Crippen LogP contribution is -2.35. The molecule has 3 aromatic carbocycles. The first kappa shape index (κ1) is 22.3. The van der Waals surface area contributed by atoms with Gasteiger partial charge in [0, 0.05) is 23.9 Å². The van der Waals surface area contributed by atoms with E-state index < -0.39 is 11.8 Å². The number of fused-ring (bicyclic) bond motifs is 2. The molecule has 2 N–H and O–H groups in total. The summed E-state index contributed by atoms with van der Waals surface area (Å²) < 4.78 is 29.3. The van der Waals surface area contributed by atoms with Crippen LogP contribution in [0, 0.1) is 5.82 Å². The Hall–Kier alpha value is -4.53. The third-order valence-corrected chi connectivity index (χ3v) is 5.68. The summed E-state index contributed by atoms with van der Waals surface area (Å²) in [5.74, 6) is 1.46. The van der Waals surface area contributed by atoms with E-state index in [0.717, 1.165) is 10.9 Å². The number of benzene rings is 3. The summed E-state index contributed by atoms with van der Waals surface area (Å²) in [6.07, 6.45) is 0. The number of carbonyl (C=O) groups excluding carboxylic acids is 1. The molecule has 35 heavy (non-hydrogen) atoms. The van der Waals surface area contributed by atoms with Crippen LogP contribution in [-0.2, 0) is 13.1 Å². The molecule has 5 rings (SSSR count). The summed E-state index contributed by atoms with van der Waals surface area (Å²) in [7, 11) is 1.56. The predicted octanol–water partition coefficient (Wildman–Crippen LogP) is 4.64. The van der Waals surface area contributed by atoms with Crippen LogP contribution >= 0.6 is 0 Å². The van der Waals surface area contributed by atoms with Gasteiger partial charge >= 0.3 is 6.03 Å². The first-order valence-corrected chi connectivity index (χ1v) is 10.9. The zero-order valence-corrected chi connectivity index (χ0v) is 18.8. The van der Waals surface area contributed by atoms with E-state index in [9.17, 15) is 14.0 Å². The second-order valence-corrected chi connectivity index (χ2v) is 8.06. The van der Waals surface area contributed by atoms with Crippen molar-refractivity contribution in [3.63, 3.8) is 0 Å². The highest BCUT2D eigenvalue weighted by atomic mass is 19.1. The molecule has 0 saturated heterocycles. The van der Waals surface area contributed by atoms with E-state index >= 15 is 0 Å². The number of pyridine rings is 1. The van der Waals surface area contributed by atoms with E-state index in [0.29, 0.717) is 34.0 Å². The molecule has 1 aliphatic heterocycles. The molecule has 2 heterocycles. The second kappa shape index (κ2) is 9.38. The average molecular weight is 475 g/mol. The van der Waals surface area contributed by atoms with Crippen molar-refractivity contribution in [2.24, 2.45) is 0 Å². The number of aromatic nitrogens is 1. The van der Waals surface area contributed by atoms with Crippen molar-refractivity contribution >= 4 is 22.6 Å². The number of anilines is 1. The predicted molar refractivity (Wildman–Crippen MR) is 128 cm³/mol. The largest absolute Gasteiger partial charge is 0.497 e.